The number of hydrogen-bond acceptors (Lipinski definition) is 5. The molecule has 4 heterocycles. The number of thiophene rings is 1. The molecule has 0 aliphatic carbocycles. The molecule has 1 aliphatic heterocycles. The lowest BCUT2D eigenvalue weighted by Gasteiger charge is -2.33. The van der Waals surface area contributed by atoms with E-state index < -0.39 is 17.7 Å². The van der Waals surface area contributed by atoms with Crippen molar-refractivity contribution < 1.29 is 22.4 Å². The molecule has 35 heavy (non-hydrogen) atoms. The second kappa shape index (κ2) is 9.26. The highest BCUT2D eigenvalue weighted by Crippen LogP contribution is 2.35. The van der Waals surface area contributed by atoms with Crippen LogP contribution in [0.5, 0.6) is 0 Å². The molecule has 0 bridgehead atoms. The third-order valence-electron chi connectivity index (χ3n) is 6.07. The average Bonchev–Trinajstić information content (AvgIpc) is 3.39. The van der Waals surface area contributed by atoms with Gasteiger partial charge in [0.25, 0.3) is 5.91 Å². The molecule has 1 N–H and O–H groups in total. The number of halogens is 4. The van der Waals surface area contributed by atoms with Crippen LogP contribution in [0.3, 0.4) is 0 Å². The smallest absolute Gasteiger partial charge is 0.367 e. The van der Waals surface area contributed by atoms with Crippen molar-refractivity contribution in [3.8, 4) is 11.1 Å². The van der Waals surface area contributed by atoms with Crippen LogP contribution < -0.4 is 5.32 Å². The van der Waals surface area contributed by atoms with Crippen LogP contribution in [0.2, 0.25) is 0 Å². The zero-order valence-electron chi connectivity index (χ0n) is 18.3. The van der Waals surface area contributed by atoms with Crippen molar-refractivity contribution in [2.24, 2.45) is 0 Å². The lowest BCUT2D eigenvalue weighted by atomic mass is 10.0. The van der Waals surface area contributed by atoms with Crippen LogP contribution in [0.15, 0.2) is 59.4 Å². The first kappa shape index (κ1) is 23.2. The molecule has 5 rings (SSSR count). The average molecular weight is 501 g/mol. The van der Waals surface area contributed by atoms with E-state index in [2.05, 4.69) is 15.3 Å². The van der Waals surface area contributed by atoms with E-state index in [9.17, 15) is 22.4 Å². The van der Waals surface area contributed by atoms with Crippen molar-refractivity contribution in [3.63, 3.8) is 0 Å². The van der Waals surface area contributed by atoms with Gasteiger partial charge in [0, 0.05) is 41.8 Å². The van der Waals surface area contributed by atoms with Crippen LogP contribution in [0, 0.1) is 5.82 Å². The van der Waals surface area contributed by atoms with Gasteiger partial charge in [-0.25, -0.2) is 14.4 Å². The summed E-state index contributed by atoms with van der Waals surface area (Å²) in [6.45, 7) is 0.991. The molecule has 0 unspecified atom stereocenters. The highest BCUT2D eigenvalue weighted by atomic mass is 32.1. The molecule has 0 radical (unpaired) electrons. The van der Waals surface area contributed by atoms with Crippen molar-refractivity contribution in [2.45, 2.75) is 25.1 Å². The summed E-state index contributed by atoms with van der Waals surface area (Å²) in [5, 5.41) is 7.55. The van der Waals surface area contributed by atoms with E-state index in [0.29, 0.717) is 48.3 Å². The lowest BCUT2D eigenvalue weighted by molar-refractivity contribution is -0.140. The number of aromatic nitrogens is 2. The minimum Gasteiger partial charge on any atom is -0.367 e. The first-order valence-corrected chi connectivity index (χ1v) is 11.9. The fraction of sp³-hybridized carbons (Fsp3) is 0.240. The molecular formula is C25H20F4N4OS. The van der Waals surface area contributed by atoms with Gasteiger partial charge < -0.3 is 10.2 Å². The standard InChI is InChI=1S/C25H20F4N4OS/c26-17-3-1-15(2-4-17)24(34)33-10-7-18(8-11-33)31-23-19-5-6-21(25(27,28)29)32-22(19)20(13-30-23)16-9-12-35-14-16/h1-6,9,12-14,18H,7-8,10-11H2,(H,30,31). The van der Waals surface area contributed by atoms with Crippen LogP contribution >= 0.6 is 11.3 Å². The number of amides is 1. The number of hydrogen-bond donors (Lipinski definition) is 1. The monoisotopic (exact) mass is 500 g/mol. The number of alkyl halides is 3. The second-order valence-corrected chi connectivity index (χ2v) is 9.12. The number of nitrogens with one attached hydrogen (secondary N) is 1. The Balaban J connectivity index is 1.37. The van der Waals surface area contributed by atoms with Crippen LogP contribution in [0.4, 0.5) is 23.4 Å². The zero-order valence-corrected chi connectivity index (χ0v) is 19.2. The van der Waals surface area contributed by atoms with E-state index in [0.717, 1.165) is 11.6 Å². The van der Waals surface area contributed by atoms with Crippen LogP contribution in [0.1, 0.15) is 28.9 Å². The van der Waals surface area contributed by atoms with Crippen molar-refractivity contribution >= 4 is 34.0 Å². The molecule has 0 spiro atoms. The number of rotatable bonds is 4. The van der Waals surface area contributed by atoms with Gasteiger partial charge in [0.2, 0.25) is 0 Å². The Bertz CT molecular complexity index is 1350. The number of nitrogens with zero attached hydrogens (tertiary/aromatic N) is 3. The van der Waals surface area contributed by atoms with Gasteiger partial charge in [0.1, 0.15) is 17.3 Å². The predicted octanol–water partition coefficient (Wildman–Crippen LogP) is 6.23. The number of carbonyl (C=O) groups is 1. The lowest BCUT2D eigenvalue weighted by Crippen LogP contribution is -2.42. The molecule has 1 fully saturated rings. The van der Waals surface area contributed by atoms with Gasteiger partial charge in [-0.15, -0.1) is 0 Å². The summed E-state index contributed by atoms with van der Waals surface area (Å²) < 4.78 is 53.2. The molecule has 0 saturated carbocycles. The molecule has 0 atom stereocenters. The summed E-state index contributed by atoms with van der Waals surface area (Å²) >= 11 is 1.44. The van der Waals surface area contributed by atoms with Crippen LogP contribution in [-0.2, 0) is 6.18 Å². The maximum absolute atomic E-state index is 13.4. The topological polar surface area (TPSA) is 58.1 Å². The molecule has 1 aromatic carbocycles. The Morgan fingerprint density at radius 3 is 2.46 bits per heavy atom. The van der Waals surface area contributed by atoms with E-state index in [1.807, 2.05) is 16.8 Å². The second-order valence-electron chi connectivity index (χ2n) is 8.34. The maximum atomic E-state index is 13.4. The number of likely N-dealkylation sites (tertiary alicyclic amines) is 1. The van der Waals surface area contributed by atoms with Crippen molar-refractivity contribution in [3.05, 3.63) is 76.5 Å². The Kier molecular flexibility index (Phi) is 6.14. The van der Waals surface area contributed by atoms with Gasteiger partial charge in [-0.1, -0.05) is 0 Å². The molecular weight excluding hydrogens is 480 g/mol. The number of pyridine rings is 2. The Labute approximate surface area is 202 Å². The normalized spacial score (nSPS) is 14.9. The minimum atomic E-state index is -4.55. The molecule has 4 aromatic rings. The minimum absolute atomic E-state index is 0.0164. The van der Waals surface area contributed by atoms with Gasteiger partial charge in [0.15, 0.2) is 0 Å². The number of fused-ring (bicyclic) bond motifs is 1. The Morgan fingerprint density at radius 1 is 1.06 bits per heavy atom. The van der Waals surface area contributed by atoms with Gasteiger partial charge in [0.05, 0.1) is 5.52 Å². The van der Waals surface area contributed by atoms with Gasteiger partial charge >= 0.3 is 6.18 Å². The summed E-state index contributed by atoms with van der Waals surface area (Å²) in [6.07, 6.45) is -1.74. The predicted molar refractivity (Wildman–Crippen MR) is 127 cm³/mol. The highest BCUT2D eigenvalue weighted by Gasteiger charge is 2.33. The van der Waals surface area contributed by atoms with E-state index in [1.54, 1.807) is 11.1 Å². The molecule has 180 valence electrons. The summed E-state index contributed by atoms with van der Waals surface area (Å²) in [5.41, 5.74) is 1.02. The SMILES string of the molecule is O=C(c1ccc(F)cc1)N1CCC(Nc2ncc(-c3ccsc3)c3nc(C(F)(F)F)ccc23)CC1. The third kappa shape index (κ3) is 4.84. The van der Waals surface area contributed by atoms with Crippen molar-refractivity contribution in [1.82, 2.24) is 14.9 Å². The van der Waals surface area contributed by atoms with E-state index >= 15 is 0 Å². The van der Waals surface area contributed by atoms with Crippen molar-refractivity contribution in [1.29, 1.82) is 0 Å². The molecule has 1 amide bonds. The summed E-state index contributed by atoms with van der Waals surface area (Å²) in [6, 6.07) is 9.64. The van der Waals surface area contributed by atoms with Crippen molar-refractivity contribution in [2.75, 3.05) is 18.4 Å². The van der Waals surface area contributed by atoms with E-state index in [1.165, 1.54) is 41.7 Å². The fourth-order valence-electron chi connectivity index (χ4n) is 4.21. The molecule has 1 aliphatic rings. The van der Waals surface area contributed by atoms with E-state index in [4.69, 9.17) is 0 Å². The summed E-state index contributed by atoms with van der Waals surface area (Å²) in [7, 11) is 0. The van der Waals surface area contributed by atoms with Crippen LogP contribution in [-0.4, -0.2) is 39.9 Å². The first-order chi connectivity index (χ1) is 16.8. The maximum Gasteiger partial charge on any atom is 0.433 e. The fourth-order valence-corrected chi connectivity index (χ4v) is 4.87. The van der Waals surface area contributed by atoms with E-state index in [-0.39, 0.29) is 17.5 Å². The Hall–Kier alpha value is -3.53. The number of benzene rings is 1. The quantitative estimate of drug-likeness (QED) is 0.338. The third-order valence-corrected chi connectivity index (χ3v) is 6.75. The Morgan fingerprint density at radius 2 is 1.80 bits per heavy atom. The first-order valence-electron chi connectivity index (χ1n) is 11.0. The molecule has 1 saturated heterocycles. The summed E-state index contributed by atoms with van der Waals surface area (Å²) in [5.74, 6) is -0.0921. The zero-order chi connectivity index (χ0) is 24.6. The van der Waals surface area contributed by atoms with Crippen LogP contribution in [0.25, 0.3) is 22.0 Å². The number of piperidine rings is 1. The van der Waals surface area contributed by atoms with Gasteiger partial charge in [-0.3, -0.25) is 4.79 Å². The van der Waals surface area contributed by atoms with Gasteiger partial charge in [-0.05, 0) is 71.6 Å². The highest BCUT2D eigenvalue weighted by molar-refractivity contribution is 7.08. The number of anilines is 1. The molecule has 5 nitrogen and oxygen atoms in total. The molecule has 3 aromatic heterocycles. The summed E-state index contributed by atoms with van der Waals surface area (Å²) in [4.78, 5) is 22.9. The van der Waals surface area contributed by atoms with Gasteiger partial charge in [-0.2, -0.15) is 24.5 Å². The largest absolute Gasteiger partial charge is 0.433 e. The number of carbonyl (C=O) groups excluding carboxylic acids is 1. The molecule has 10 heteroatoms.